The summed E-state index contributed by atoms with van der Waals surface area (Å²) in [5.74, 6) is 1.72. The van der Waals surface area contributed by atoms with E-state index in [-0.39, 0.29) is 0 Å². The van der Waals surface area contributed by atoms with E-state index in [0.29, 0.717) is 30.6 Å². The Morgan fingerprint density at radius 1 is 1.31 bits per heavy atom. The standard InChI is InChI=1S/C9H12ClN5O/c1-2-8-12-13-9(16-8)6-15-5-7(3-4-10)11-14-15/h5H,2-4,6H2,1H3. The first-order chi connectivity index (χ1) is 7.81. The van der Waals surface area contributed by atoms with Crippen LogP contribution in [0.1, 0.15) is 24.4 Å². The fourth-order valence-corrected chi connectivity index (χ4v) is 1.45. The van der Waals surface area contributed by atoms with Gasteiger partial charge in [-0.2, -0.15) is 0 Å². The molecule has 0 bridgehead atoms. The maximum Gasteiger partial charge on any atom is 0.237 e. The minimum absolute atomic E-state index is 0.447. The van der Waals surface area contributed by atoms with E-state index in [1.165, 1.54) is 0 Å². The van der Waals surface area contributed by atoms with Crippen LogP contribution >= 0.6 is 11.6 Å². The summed E-state index contributed by atoms with van der Waals surface area (Å²) in [6.45, 7) is 2.41. The summed E-state index contributed by atoms with van der Waals surface area (Å²) >= 11 is 5.61. The summed E-state index contributed by atoms with van der Waals surface area (Å²) in [6, 6.07) is 0. The highest BCUT2D eigenvalue weighted by Gasteiger charge is 2.06. The van der Waals surface area contributed by atoms with E-state index in [9.17, 15) is 0 Å². The number of hydrogen-bond acceptors (Lipinski definition) is 5. The molecule has 0 aliphatic heterocycles. The molecule has 0 amide bonds. The molecule has 0 spiro atoms. The Bertz CT molecular complexity index is 452. The Kier molecular flexibility index (Phi) is 3.51. The summed E-state index contributed by atoms with van der Waals surface area (Å²) in [5, 5.41) is 15.7. The monoisotopic (exact) mass is 241 g/mol. The third-order valence-electron chi connectivity index (χ3n) is 2.05. The van der Waals surface area contributed by atoms with Crippen molar-refractivity contribution in [1.29, 1.82) is 0 Å². The van der Waals surface area contributed by atoms with Crippen LogP contribution in [0, 0.1) is 0 Å². The molecule has 2 rings (SSSR count). The van der Waals surface area contributed by atoms with Crippen molar-refractivity contribution in [2.24, 2.45) is 0 Å². The van der Waals surface area contributed by atoms with Gasteiger partial charge in [-0.25, -0.2) is 4.68 Å². The molecule has 0 radical (unpaired) electrons. The molecule has 0 N–H and O–H groups in total. The lowest BCUT2D eigenvalue weighted by Gasteiger charge is -1.92. The van der Waals surface area contributed by atoms with E-state index >= 15 is 0 Å². The van der Waals surface area contributed by atoms with Gasteiger partial charge in [-0.3, -0.25) is 0 Å². The summed E-state index contributed by atoms with van der Waals surface area (Å²) in [4.78, 5) is 0. The summed E-state index contributed by atoms with van der Waals surface area (Å²) in [5.41, 5.74) is 0.866. The first-order valence-electron chi connectivity index (χ1n) is 5.08. The van der Waals surface area contributed by atoms with Crippen molar-refractivity contribution in [1.82, 2.24) is 25.2 Å². The van der Waals surface area contributed by atoms with Gasteiger partial charge in [0.2, 0.25) is 11.8 Å². The Morgan fingerprint density at radius 2 is 2.12 bits per heavy atom. The van der Waals surface area contributed by atoms with Crippen molar-refractivity contribution >= 4 is 11.6 Å². The molecular formula is C9H12ClN5O. The molecule has 2 aromatic rings. The number of hydrogen-bond donors (Lipinski definition) is 0. The molecule has 0 unspecified atom stereocenters. The maximum atomic E-state index is 5.61. The first-order valence-corrected chi connectivity index (χ1v) is 5.61. The highest BCUT2D eigenvalue weighted by Crippen LogP contribution is 2.03. The van der Waals surface area contributed by atoms with E-state index < -0.39 is 0 Å². The molecule has 0 fully saturated rings. The number of alkyl halides is 1. The maximum absolute atomic E-state index is 5.61. The molecule has 0 saturated carbocycles. The van der Waals surface area contributed by atoms with E-state index in [2.05, 4.69) is 20.5 Å². The Balaban J connectivity index is 2.02. The lowest BCUT2D eigenvalue weighted by molar-refractivity contribution is 0.430. The van der Waals surface area contributed by atoms with Gasteiger partial charge in [0.05, 0.1) is 5.69 Å². The molecule has 6 nitrogen and oxygen atoms in total. The molecule has 0 atom stereocenters. The van der Waals surface area contributed by atoms with Gasteiger partial charge >= 0.3 is 0 Å². The van der Waals surface area contributed by atoms with Crippen LogP contribution in [0.5, 0.6) is 0 Å². The molecule has 0 aromatic carbocycles. The largest absolute Gasteiger partial charge is 0.423 e. The van der Waals surface area contributed by atoms with Crippen LogP contribution in [0.15, 0.2) is 10.6 Å². The van der Waals surface area contributed by atoms with Crippen molar-refractivity contribution in [3.8, 4) is 0 Å². The first kappa shape index (κ1) is 11.1. The lowest BCUT2D eigenvalue weighted by Crippen LogP contribution is -2.00. The van der Waals surface area contributed by atoms with Gasteiger partial charge in [0.15, 0.2) is 0 Å². The van der Waals surface area contributed by atoms with E-state index in [4.69, 9.17) is 16.0 Å². The Hall–Kier alpha value is -1.43. The molecule has 86 valence electrons. The number of aromatic nitrogens is 5. The van der Waals surface area contributed by atoms with Gasteiger partial charge in [0.1, 0.15) is 6.54 Å². The summed E-state index contributed by atoms with van der Waals surface area (Å²) < 4.78 is 7.03. The van der Waals surface area contributed by atoms with Gasteiger partial charge < -0.3 is 4.42 Å². The predicted octanol–water partition coefficient (Wildman–Crippen LogP) is 1.05. The molecule has 0 aliphatic rings. The quantitative estimate of drug-likeness (QED) is 0.732. The van der Waals surface area contributed by atoms with Gasteiger partial charge in [-0.05, 0) is 0 Å². The van der Waals surface area contributed by atoms with E-state index in [1.54, 1.807) is 4.68 Å². The van der Waals surface area contributed by atoms with Crippen molar-refractivity contribution in [2.75, 3.05) is 5.88 Å². The van der Waals surface area contributed by atoms with E-state index in [1.807, 2.05) is 13.1 Å². The zero-order valence-electron chi connectivity index (χ0n) is 8.93. The molecule has 0 aliphatic carbocycles. The Morgan fingerprint density at radius 3 is 2.81 bits per heavy atom. The van der Waals surface area contributed by atoms with Crippen LogP contribution in [0.2, 0.25) is 0 Å². The Labute approximate surface area is 97.6 Å². The van der Waals surface area contributed by atoms with Crippen LogP contribution < -0.4 is 0 Å². The summed E-state index contributed by atoms with van der Waals surface area (Å²) in [6.07, 6.45) is 3.28. The van der Waals surface area contributed by atoms with Gasteiger partial charge in [-0.15, -0.1) is 26.9 Å². The van der Waals surface area contributed by atoms with Crippen LogP contribution in [-0.4, -0.2) is 31.1 Å². The SMILES string of the molecule is CCc1nnc(Cn2cc(CCCl)nn2)o1. The molecule has 0 saturated heterocycles. The lowest BCUT2D eigenvalue weighted by atomic mass is 10.4. The predicted molar refractivity (Wildman–Crippen MR) is 57.2 cm³/mol. The number of nitrogens with zero attached hydrogens (tertiary/aromatic N) is 5. The topological polar surface area (TPSA) is 69.6 Å². The normalized spacial score (nSPS) is 10.9. The molecular weight excluding hydrogens is 230 g/mol. The number of rotatable bonds is 5. The highest BCUT2D eigenvalue weighted by atomic mass is 35.5. The average Bonchev–Trinajstić information content (AvgIpc) is 2.89. The van der Waals surface area contributed by atoms with Crippen molar-refractivity contribution < 1.29 is 4.42 Å². The highest BCUT2D eigenvalue weighted by molar-refractivity contribution is 6.17. The van der Waals surface area contributed by atoms with Crippen molar-refractivity contribution in [2.45, 2.75) is 26.3 Å². The summed E-state index contributed by atoms with van der Waals surface area (Å²) in [7, 11) is 0. The zero-order valence-corrected chi connectivity index (χ0v) is 9.68. The average molecular weight is 242 g/mol. The number of aryl methyl sites for hydroxylation is 2. The van der Waals surface area contributed by atoms with Crippen LogP contribution in [0.3, 0.4) is 0 Å². The molecule has 7 heteroatoms. The van der Waals surface area contributed by atoms with Crippen molar-refractivity contribution in [3.05, 3.63) is 23.7 Å². The zero-order chi connectivity index (χ0) is 11.4. The van der Waals surface area contributed by atoms with Gasteiger partial charge in [-0.1, -0.05) is 12.1 Å². The van der Waals surface area contributed by atoms with E-state index in [0.717, 1.165) is 12.1 Å². The third kappa shape index (κ3) is 2.57. The molecule has 2 aromatic heterocycles. The minimum atomic E-state index is 0.447. The van der Waals surface area contributed by atoms with Crippen LogP contribution in [0.25, 0.3) is 0 Å². The second-order valence-corrected chi connectivity index (χ2v) is 3.67. The van der Waals surface area contributed by atoms with Crippen LogP contribution in [0.4, 0.5) is 0 Å². The molecule has 2 heterocycles. The second-order valence-electron chi connectivity index (χ2n) is 3.29. The fourth-order valence-electron chi connectivity index (χ4n) is 1.26. The van der Waals surface area contributed by atoms with Crippen LogP contribution in [-0.2, 0) is 19.4 Å². The van der Waals surface area contributed by atoms with Gasteiger partial charge in [0.25, 0.3) is 0 Å². The van der Waals surface area contributed by atoms with Gasteiger partial charge in [0, 0.05) is 24.9 Å². The minimum Gasteiger partial charge on any atom is -0.423 e. The third-order valence-corrected chi connectivity index (χ3v) is 2.23. The second kappa shape index (κ2) is 5.07. The fraction of sp³-hybridized carbons (Fsp3) is 0.556. The smallest absolute Gasteiger partial charge is 0.237 e. The number of halogens is 1. The van der Waals surface area contributed by atoms with Crippen molar-refractivity contribution in [3.63, 3.8) is 0 Å². The molecule has 16 heavy (non-hydrogen) atoms.